The second-order valence-corrected chi connectivity index (χ2v) is 12.2. The maximum absolute atomic E-state index is 13.5. The van der Waals surface area contributed by atoms with Gasteiger partial charge in [0.25, 0.3) is 5.91 Å². The molecule has 1 N–H and O–H groups in total. The lowest BCUT2D eigenvalue weighted by Gasteiger charge is -2.31. The Balaban J connectivity index is 1.47. The summed E-state index contributed by atoms with van der Waals surface area (Å²) in [5.41, 5.74) is 2.46. The van der Waals surface area contributed by atoms with Gasteiger partial charge in [-0.3, -0.25) is 9.59 Å². The highest BCUT2D eigenvalue weighted by molar-refractivity contribution is 7.89. The molecule has 10 nitrogen and oxygen atoms in total. The number of sulfonamides is 1. The minimum Gasteiger partial charge on any atom is -0.491 e. The van der Waals surface area contributed by atoms with Crippen LogP contribution in [0.25, 0.3) is 5.70 Å². The van der Waals surface area contributed by atoms with E-state index in [2.05, 4.69) is 5.32 Å². The number of ether oxygens (including phenoxy) is 3. The van der Waals surface area contributed by atoms with Crippen LogP contribution in [0.5, 0.6) is 5.75 Å². The third kappa shape index (κ3) is 7.65. The number of methoxy groups -OCH3 is 2. The molecule has 42 heavy (non-hydrogen) atoms. The van der Waals surface area contributed by atoms with Crippen LogP contribution >= 0.6 is 0 Å². The van der Waals surface area contributed by atoms with Crippen molar-refractivity contribution in [3.63, 3.8) is 0 Å². The van der Waals surface area contributed by atoms with E-state index >= 15 is 0 Å². The number of hydrogen-bond donors (Lipinski definition) is 1. The number of amides is 2. The van der Waals surface area contributed by atoms with Crippen molar-refractivity contribution in [2.75, 3.05) is 53.7 Å². The zero-order valence-corrected chi connectivity index (χ0v) is 25.2. The van der Waals surface area contributed by atoms with Gasteiger partial charge in [-0.1, -0.05) is 12.1 Å². The number of benzene rings is 2. The van der Waals surface area contributed by atoms with Gasteiger partial charge in [-0.2, -0.15) is 4.31 Å². The molecule has 2 aromatic rings. The smallest absolute Gasteiger partial charge is 0.257 e. The predicted octanol–water partition coefficient (Wildman–Crippen LogP) is 3.58. The summed E-state index contributed by atoms with van der Waals surface area (Å²) in [6, 6.07) is 11.9. The summed E-state index contributed by atoms with van der Waals surface area (Å²) in [5.74, 6) is -0.328. The standard InChI is InChI=1S/C31H39N3O7S/c1-23-20-27(12-13-29(23)41-19-18-40-3)42(37,38)34-16-5-10-26(22-34)30(35)32-28-11-6-14-33(15-7-17-39-2)31(36)25-9-4-8-24(28)21-25/h4,6,8-9,11-14,20-21,26H,5,7,10,15-19,22H2,1-3H3,(H,32,35)/b14-6+,28-11+. The Hall–Kier alpha value is -3.51. The van der Waals surface area contributed by atoms with Crippen LogP contribution in [0.2, 0.25) is 0 Å². The molecule has 2 bridgehead atoms. The van der Waals surface area contributed by atoms with E-state index in [1.165, 1.54) is 10.4 Å². The van der Waals surface area contributed by atoms with Crippen molar-refractivity contribution in [1.82, 2.24) is 14.5 Å². The van der Waals surface area contributed by atoms with Gasteiger partial charge in [-0.25, -0.2) is 8.42 Å². The van der Waals surface area contributed by atoms with E-state index in [9.17, 15) is 18.0 Å². The Morgan fingerprint density at radius 1 is 1.05 bits per heavy atom. The van der Waals surface area contributed by atoms with E-state index in [0.29, 0.717) is 80.3 Å². The summed E-state index contributed by atoms with van der Waals surface area (Å²) in [6.07, 6.45) is 7.01. The normalized spacial score (nSPS) is 19.7. The fourth-order valence-electron chi connectivity index (χ4n) is 5.00. The van der Waals surface area contributed by atoms with Gasteiger partial charge in [0, 0.05) is 57.9 Å². The fraction of sp³-hybridized carbons (Fsp3) is 0.419. The van der Waals surface area contributed by atoms with Crippen molar-refractivity contribution in [3.05, 3.63) is 77.5 Å². The van der Waals surface area contributed by atoms with Gasteiger partial charge in [0.2, 0.25) is 15.9 Å². The first-order valence-corrected chi connectivity index (χ1v) is 15.5. The van der Waals surface area contributed by atoms with Crippen molar-refractivity contribution >= 4 is 27.5 Å². The molecule has 1 unspecified atom stereocenters. The maximum Gasteiger partial charge on any atom is 0.257 e. The SMILES string of the molecule is COCCCN1/C=C/C=C(/NC(=O)C2CCCN(S(=O)(=O)c3ccc(OCCOC)c(C)c3)C2)c2cccc(c2)C1=O. The van der Waals surface area contributed by atoms with Crippen LogP contribution in [0.3, 0.4) is 0 Å². The molecular formula is C31H39N3O7S. The van der Waals surface area contributed by atoms with Gasteiger partial charge in [-0.05, 0) is 79.8 Å². The molecule has 4 rings (SSSR count). The number of allylic oxidation sites excluding steroid dienone is 2. The van der Waals surface area contributed by atoms with E-state index < -0.39 is 15.9 Å². The van der Waals surface area contributed by atoms with Crippen molar-refractivity contribution in [3.8, 4) is 5.75 Å². The van der Waals surface area contributed by atoms with Gasteiger partial charge in [0.1, 0.15) is 12.4 Å². The lowest BCUT2D eigenvalue weighted by Crippen LogP contribution is -2.45. The van der Waals surface area contributed by atoms with E-state index in [1.807, 2.05) is 6.07 Å². The van der Waals surface area contributed by atoms with E-state index in [1.54, 1.807) is 74.7 Å². The third-order valence-corrected chi connectivity index (χ3v) is 9.16. The Morgan fingerprint density at radius 3 is 2.60 bits per heavy atom. The number of carbonyl (C=O) groups excluding carboxylic acids is 2. The number of hydrogen-bond acceptors (Lipinski definition) is 7. The minimum absolute atomic E-state index is 0.0776. The molecule has 0 spiro atoms. The molecule has 2 aliphatic heterocycles. The molecule has 226 valence electrons. The molecule has 2 amide bonds. The third-order valence-electron chi connectivity index (χ3n) is 7.30. The van der Waals surface area contributed by atoms with Crippen molar-refractivity contribution < 1.29 is 32.2 Å². The largest absolute Gasteiger partial charge is 0.491 e. The molecule has 0 radical (unpaired) electrons. The summed E-state index contributed by atoms with van der Waals surface area (Å²) in [7, 11) is -0.602. The predicted molar refractivity (Wildman–Crippen MR) is 159 cm³/mol. The van der Waals surface area contributed by atoms with Crippen molar-refractivity contribution in [1.29, 1.82) is 0 Å². The highest BCUT2D eigenvalue weighted by Crippen LogP contribution is 2.28. The summed E-state index contributed by atoms with van der Waals surface area (Å²) in [4.78, 5) is 28.3. The van der Waals surface area contributed by atoms with Gasteiger partial charge < -0.3 is 24.4 Å². The zero-order valence-electron chi connectivity index (χ0n) is 24.4. The molecule has 2 aliphatic rings. The van der Waals surface area contributed by atoms with Crippen LogP contribution in [-0.4, -0.2) is 83.1 Å². The van der Waals surface area contributed by atoms with Crippen LogP contribution < -0.4 is 10.1 Å². The molecule has 0 saturated carbocycles. The molecule has 2 heterocycles. The summed E-state index contributed by atoms with van der Waals surface area (Å²) in [5, 5.41) is 3.00. The van der Waals surface area contributed by atoms with Gasteiger partial charge in [-0.15, -0.1) is 0 Å². The molecule has 0 aliphatic carbocycles. The van der Waals surface area contributed by atoms with E-state index in [4.69, 9.17) is 14.2 Å². The average molecular weight is 598 g/mol. The fourth-order valence-corrected chi connectivity index (χ4v) is 6.61. The molecule has 1 fully saturated rings. The van der Waals surface area contributed by atoms with Gasteiger partial charge in [0.05, 0.1) is 17.4 Å². The Morgan fingerprint density at radius 2 is 1.83 bits per heavy atom. The molecule has 1 saturated heterocycles. The number of carbonyl (C=O) groups is 2. The lowest BCUT2D eigenvalue weighted by molar-refractivity contribution is -0.124. The van der Waals surface area contributed by atoms with Gasteiger partial charge in [0.15, 0.2) is 0 Å². The van der Waals surface area contributed by atoms with Crippen LogP contribution in [0, 0.1) is 12.8 Å². The number of fused-ring (bicyclic) bond motifs is 2. The second-order valence-electron chi connectivity index (χ2n) is 10.3. The molecule has 11 heteroatoms. The number of aryl methyl sites for hydroxylation is 1. The number of piperidine rings is 1. The first-order valence-electron chi connectivity index (χ1n) is 14.1. The van der Waals surface area contributed by atoms with E-state index in [0.717, 1.165) is 0 Å². The highest BCUT2D eigenvalue weighted by atomic mass is 32.2. The lowest BCUT2D eigenvalue weighted by atomic mass is 9.98. The quantitative estimate of drug-likeness (QED) is 0.372. The molecule has 2 aromatic carbocycles. The second kappa shape index (κ2) is 14.6. The van der Waals surface area contributed by atoms with E-state index in [-0.39, 0.29) is 23.3 Å². The molecular weight excluding hydrogens is 558 g/mol. The number of nitrogens with zero attached hydrogens (tertiary/aromatic N) is 2. The van der Waals surface area contributed by atoms with Crippen molar-refractivity contribution in [2.24, 2.45) is 5.92 Å². The van der Waals surface area contributed by atoms with Crippen LogP contribution in [-0.2, 0) is 24.3 Å². The first-order chi connectivity index (χ1) is 20.2. The monoisotopic (exact) mass is 597 g/mol. The first kappa shape index (κ1) is 31.4. The minimum atomic E-state index is -3.81. The van der Waals surface area contributed by atoms with Gasteiger partial charge >= 0.3 is 0 Å². The average Bonchev–Trinajstić information content (AvgIpc) is 3.03. The summed E-state index contributed by atoms with van der Waals surface area (Å²) in [6.45, 7) is 4.05. The summed E-state index contributed by atoms with van der Waals surface area (Å²) < 4.78 is 44.2. The Kier molecular flexibility index (Phi) is 10.9. The zero-order chi connectivity index (χ0) is 30.1. The Bertz CT molecular complexity index is 1440. The molecule has 1 atom stereocenters. The number of rotatable bonds is 12. The summed E-state index contributed by atoms with van der Waals surface area (Å²) >= 11 is 0. The number of nitrogens with one attached hydrogen (secondary N) is 1. The van der Waals surface area contributed by atoms with Crippen molar-refractivity contribution in [2.45, 2.75) is 31.1 Å². The van der Waals surface area contributed by atoms with Crippen LogP contribution in [0.15, 0.2) is 65.7 Å². The maximum atomic E-state index is 13.5. The highest BCUT2D eigenvalue weighted by Gasteiger charge is 2.34. The topological polar surface area (TPSA) is 114 Å². The van der Waals surface area contributed by atoms with Crippen LogP contribution in [0.1, 0.15) is 40.7 Å². The Labute approximate surface area is 248 Å². The molecule has 0 aromatic heterocycles. The van der Waals surface area contributed by atoms with Crippen LogP contribution in [0.4, 0.5) is 0 Å².